The molecular weight excluding hydrogens is 256 g/mol. The lowest BCUT2D eigenvalue weighted by molar-refractivity contribution is -0.294. The first-order chi connectivity index (χ1) is 8.99. The Morgan fingerprint density at radius 3 is 2.37 bits per heavy atom. The standard InChI is InChI=1S/C12H22O7/c1-2-3-4-5-6-18-12-9(15)7(13)8(14)10(19-12)11(16)17/h7-10,12-15H,2-6H2,1H3,(H,16,17)/t7-,8+,9+,10-,12-/m0/s1. The van der Waals surface area contributed by atoms with E-state index in [9.17, 15) is 20.1 Å². The predicted molar refractivity (Wildman–Crippen MR) is 64.4 cm³/mol. The van der Waals surface area contributed by atoms with Crippen LogP contribution in [0.15, 0.2) is 0 Å². The third-order valence-corrected chi connectivity index (χ3v) is 3.09. The van der Waals surface area contributed by atoms with Crippen LogP contribution in [0, 0.1) is 0 Å². The molecule has 1 aliphatic rings. The van der Waals surface area contributed by atoms with Crippen LogP contribution in [0.1, 0.15) is 32.6 Å². The van der Waals surface area contributed by atoms with Gasteiger partial charge in [0.1, 0.15) is 18.3 Å². The van der Waals surface area contributed by atoms with Gasteiger partial charge >= 0.3 is 5.97 Å². The Morgan fingerprint density at radius 2 is 1.79 bits per heavy atom. The fourth-order valence-corrected chi connectivity index (χ4v) is 1.92. The van der Waals surface area contributed by atoms with Crippen LogP contribution in [-0.2, 0) is 14.3 Å². The normalized spacial score (nSPS) is 35.3. The van der Waals surface area contributed by atoms with Gasteiger partial charge in [-0.3, -0.25) is 0 Å². The average Bonchev–Trinajstić information content (AvgIpc) is 2.37. The van der Waals surface area contributed by atoms with Crippen LogP contribution >= 0.6 is 0 Å². The van der Waals surface area contributed by atoms with E-state index in [1.807, 2.05) is 0 Å². The van der Waals surface area contributed by atoms with E-state index in [1.54, 1.807) is 0 Å². The number of aliphatic carboxylic acids is 1. The minimum absolute atomic E-state index is 0.302. The second-order valence-electron chi connectivity index (χ2n) is 4.67. The highest BCUT2D eigenvalue weighted by molar-refractivity contribution is 5.73. The van der Waals surface area contributed by atoms with E-state index in [2.05, 4.69) is 6.92 Å². The molecule has 0 aromatic rings. The molecule has 112 valence electrons. The van der Waals surface area contributed by atoms with E-state index in [-0.39, 0.29) is 0 Å². The van der Waals surface area contributed by atoms with E-state index >= 15 is 0 Å². The topological polar surface area (TPSA) is 116 Å². The molecule has 4 N–H and O–H groups in total. The molecule has 1 rings (SSSR count). The number of ether oxygens (including phenoxy) is 2. The van der Waals surface area contributed by atoms with Gasteiger partial charge in [-0.25, -0.2) is 4.79 Å². The number of carbonyl (C=O) groups is 1. The van der Waals surface area contributed by atoms with Crippen LogP contribution in [0.5, 0.6) is 0 Å². The van der Waals surface area contributed by atoms with E-state index in [4.69, 9.17) is 14.6 Å². The van der Waals surface area contributed by atoms with Gasteiger partial charge in [0.25, 0.3) is 0 Å². The van der Waals surface area contributed by atoms with Gasteiger partial charge < -0.3 is 29.9 Å². The van der Waals surface area contributed by atoms with Gasteiger partial charge in [0.15, 0.2) is 12.4 Å². The Hall–Kier alpha value is -0.730. The number of rotatable bonds is 7. The summed E-state index contributed by atoms with van der Waals surface area (Å²) in [5, 5.41) is 37.5. The minimum Gasteiger partial charge on any atom is -0.479 e. The molecule has 7 nitrogen and oxygen atoms in total. The third-order valence-electron chi connectivity index (χ3n) is 3.09. The number of hydrogen-bond acceptors (Lipinski definition) is 6. The maximum atomic E-state index is 10.8. The highest BCUT2D eigenvalue weighted by Crippen LogP contribution is 2.22. The summed E-state index contributed by atoms with van der Waals surface area (Å²) in [5.41, 5.74) is 0. The average molecular weight is 278 g/mol. The minimum atomic E-state index is -1.67. The largest absolute Gasteiger partial charge is 0.479 e. The van der Waals surface area contributed by atoms with Crippen LogP contribution in [0.4, 0.5) is 0 Å². The lowest BCUT2D eigenvalue weighted by Crippen LogP contribution is -2.60. The first-order valence-electron chi connectivity index (χ1n) is 6.53. The zero-order valence-electron chi connectivity index (χ0n) is 10.9. The molecule has 1 heterocycles. The molecule has 0 spiro atoms. The van der Waals surface area contributed by atoms with Crippen molar-refractivity contribution in [3.63, 3.8) is 0 Å². The van der Waals surface area contributed by atoms with Gasteiger partial charge in [-0.1, -0.05) is 26.2 Å². The number of carboxylic acid groups (broad SMARTS) is 1. The Morgan fingerprint density at radius 1 is 1.11 bits per heavy atom. The van der Waals surface area contributed by atoms with Crippen LogP contribution in [0.3, 0.4) is 0 Å². The fraction of sp³-hybridized carbons (Fsp3) is 0.917. The summed E-state index contributed by atoms with van der Waals surface area (Å²) in [7, 11) is 0. The quantitative estimate of drug-likeness (QED) is 0.463. The molecule has 7 heteroatoms. The summed E-state index contributed by atoms with van der Waals surface area (Å²) >= 11 is 0. The van der Waals surface area contributed by atoms with Crippen molar-refractivity contribution >= 4 is 5.97 Å². The zero-order chi connectivity index (χ0) is 14.4. The lowest BCUT2D eigenvalue weighted by atomic mass is 9.99. The summed E-state index contributed by atoms with van der Waals surface area (Å²) in [6, 6.07) is 0. The second kappa shape index (κ2) is 7.76. The molecule has 0 radical (unpaired) electrons. The van der Waals surface area contributed by atoms with Crippen LogP contribution in [0.25, 0.3) is 0 Å². The SMILES string of the molecule is CCCCCCO[C@H]1O[C@H](C(=O)O)[C@H](O)[C@H](O)[C@H]1O. The predicted octanol–water partition coefficient (Wildman–Crippen LogP) is -0.525. The van der Waals surface area contributed by atoms with Crippen molar-refractivity contribution < 1.29 is 34.7 Å². The molecule has 0 unspecified atom stereocenters. The van der Waals surface area contributed by atoms with E-state index in [1.165, 1.54) is 0 Å². The molecule has 0 aromatic carbocycles. The number of unbranched alkanes of at least 4 members (excludes halogenated alkanes) is 3. The maximum absolute atomic E-state index is 10.8. The maximum Gasteiger partial charge on any atom is 0.335 e. The summed E-state index contributed by atoms with van der Waals surface area (Å²) in [6.07, 6.45) is -3.70. The second-order valence-corrected chi connectivity index (χ2v) is 4.67. The van der Waals surface area contributed by atoms with Crippen molar-refractivity contribution in [2.75, 3.05) is 6.61 Å². The van der Waals surface area contributed by atoms with Gasteiger partial charge in [-0.2, -0.15) is 0 Å². The highest BCUT2D eigenvalue weighted by Gasteiger charge is 2.47. The van der Waals surface area contributed by atoms with Gasteiger partial charge in [0.2, 0.25) is 0 Å². The fourth-order valence-electron chi connectivity index (χ4n) is 1.92. The monoisotopic (exact) mass is 278 g/mol. The molecule has 0 bridgehead atoms. The van der Waals surface area contributed by atoms with Crippen LogP contribution < -0.4 is 0 Å². The number of aliphatic hydroxyl groups excluding tert-OH is 3. The van der Waals surface area contributed by atoms with E-state index < -0.39 is 36.7 Å². The Bertz CT molecular complexity index is 283. The van der Waals surface area contributed by atoms with Crippen molar-refractivity contribution in [1.82, 2.24) is 0 Å². The van der Waals surface area contributed by atoms with Crippen molar-refractivity contribution in [1.29, 1.82) is 0 Å². The molecule has 0 aliphatic carbocycles. The Balaban J connectivity index is 2.45. The highest BCUT2D eigenvalue weighted by atomic mass is 16.7. The lowest BCUT2D eigenvalue weighted by Gasteiger charge is -2.38. The van der Waals surface area contributed by atoms with Gasteiger partial charge in [-0.05, 0) is 6.42 Å². The first kappa shape index (κ1) is 16.3. The number of aliphatic hydroxyl groups is 3. The Kier molecular flexibility index (Phi) is 6.67. The van der Waals surface area contributed by atoms with E-state index in [0.717, 1.165) is 25.7 Å². The molecule has 1 saturated heterocycles. The smallest absolute Gasteiger partial charge is 0.335 e. The van der Waals surface area contributed by atoms with Gasteiger partial charge in [0, 0.05) is 6.61 Å². The summed E-state index contributed by atoms with van der Waals surface area (Å²) in [6.45, 7) is 2.38. The molecule has 19 heavy (non-hydrogen) atoms. The van der Waals surface area contributed by atoms with Crippen LogP contribution in [-0.4, -0.2) is 63.7 Å². The molecule has 0 saturated carbocycles. The number of carboxylic acids is 1. The molecule has 1 aliphatic heterocycles. The van der Waals surface area contributed by atoms with Crippen LogP contribution in [0.2, 0.25) is 0 Å². The molecule has 1 fully saturated rings. The molecule has 0 aromatic heterocycles. The zero-order valence-corrected chi connectivity index (χ0v) is 10.9. The van der Waals surface area contributed by atoms with Gasteiger partial charge in [0.05, 0.1) is 0 Å². The summed E-state index contributed by atoms with van der Waals surface area (Å²) < 4.78 is 10.2. The van der Waals surface area contributed by atoms with Crippen molar-refractivity contribution in [3.05, 3.63) is 0 Å². The van der Waals surface area contributed by atoms with E-state index in [0.29, 0.717) is 6.61 Å². The van der Waals surface area contributed by atoms with Crippen molar-refractivity contribution in [2.24, 2.45) is 0 Å². The number of hydrogen-bond donors (Lipinski definition) is 4. The first-order valence-corrected chi connectivity index (χ1v) is 6.53. The Labute approximate surface area is 111 Å². The molecule has 5 atom stereocenters. The van der Waals surface area contributed by atoms with Crippen molar-refractivity contribution in [2.45, 2.75) is 63.3 Å². The summed E-state index contributed by atoms with van der Waals surface area (Å²) in [4.78, 5) is 10.8. The van der Waals surface area contributed by atoms with Gasteiger partial charge in [-0.15, -0.1) is 0 Å². The molecular formula is C12H22O7. The third kappa shape index (κ3) is 4.39. The summed E-state index contributed by atoms with van der Waals surface area (Å²) in [5.74, 6) is -1.40. The molecule has 0 amide bonds. The van der Waals surface area contributed by atoms with Crippen molar-refractivity contribution in [3.8, 4) is 0 Å².